The van der Waals surface area contributed by atoms with Crippen LogP contribution in [-0.2, 0) is 11.2 Å². The molecule has 2 fully saturated rings. The highest BCUT2D eigenvalue weighted by atomic mass is 127. The predicted molar refractivity (Wildman–Crippen MR) is 144 cm³/mol. The van der Waals surface area contributed by atoms with Crippen molar-refractivity contribution in [2.24, 2.45) is 10.9 Å². The number of nitrogens with zero attached hydrogens (tertiary/aromatic N) is 4. The summed E-state index contributed by atoms with van der Waals surface area (Å²) < 4.78 is 5.73. The highest BCUT2D eigenvalue weighted by Gasteiger charge is 2.35. The first-order valence-corrected chi connectivity index (χ1v) is 12.2. The molecule has 0 radical (unpaired) electrons. The molecule has 33 heavy (non-hydrogen) atoms. The number of piperidine rings is 1. The summed E-state index contributed by atoms with van der Waals surface area (Å²) in [5, 5.41) is 3.44. The number of likely N-dealkylation sites (tertiary alicyclic amines) is 1. The summed E-state index contributed by atoms with van der Waals surface area (Å²) in [6.07, 6.45) is 7.00. The Morgan fingerprint density at radius 2 is 1.94 bits per heavy atom. The van der Waals surface area contributed by atoms with Crippen LogP contribution in [0.2, 0.25) is 0 Å². The van der Waals surface area contributed by atoms with E-state index in [9.17, 15) is 4.79 Å². The smallest absolute Gasteiger partial charge is 0.410 e. The first-order chi connectivity index (χ1) is 15.2. The number of nitrogens with one attached hydrogen (secondary N) is 1. The van der Waals surface area contributed by atoms with Gasteiger partial charge in [0.05, 0.1) is 0 Å². The highest BCUT2D eigenvalue weighted by Crippen LogP contribution is 2.32. The molecule has 1 N–H and O–H groups in total. The van der Waals surface area contributed by atoms with Gasteiger partial charge in [-0.2, -0.15) is 0 Å². The topological polar surface area (TPSA) is 70.1 Å². The number of hydrogen-bond donors (Lipinski definition) is 1. The fraction of sp³-hybridized carbons (Fsp3) is 0.720. The van der Waals surface area contributed by atoms with Gasteiger partial charge in [0.2, 0.25) is 0 Å². The number of amides is 1. The molecule has 0 aromatic carbocycles. The molecule has 1 aromatic heterocycles. The molecule has 1 aromatic rings. The maximum atomic E-state index is 12.9. The summed E-state index contributed by atoms with van der Waals surface area (Å²) in [4.78, 5) is 26.5. The van der Waals surface area contributed by atoms with E-state index in [-0.39, 0.29) is 36.1 Å². The van der Waals surface area contributed by atoms with Crippen molar-refractivity contribution in [3.05, 3.63) is 29.6 Å². The standard InChI is InChI=1S/C25H41N5O2.HI/c1-6-26-23(27-14-11-20-8-7-19(2)28-17-20)29-15-12-22(13-16-29)30(18-21-9-10-21)24(31)32-25(3,4)5;/h7-8,17,21-22H,6,9-16,18H2,1-5H3,(H,26,27);1H. The van der Waals surface area contributed by atoms with Crippen LogP contribution in [0.4, 0.5) is 4.79 Å². The second-order valence-electron chi connectivity index (χ2n) is 10.1. The van der Waals surface area contributed by atoms with Gasteiger partial charge >= 0.3 is 6.09 Å². The third kappa shape index (κ3) is 9.29. The molecule has 0 spiro atoms. The first kappa shape index (κ1) is 27.7. The molecule has 0 atom stereocenters. The van der Waals surface area contributed by atoms with Crippen molar-refractivity contribution in [1.82, 2.24) is 20.1 Å². The van der Waals surface area contributed by atoms with Gasteiger partial charge < -0.3 is 19.9 Å². The summed E-state index contributed by atoms with van der Waals surface area (Å²) in [5.74, 6) is 1.62. The van der Waals surface area contributed by atoms with Crippen LogP contribution in [0, 0.1) is 12.8 Å². The Hall–Kier alpha value is -1.58. The lowest BCUT2D eigenvalue weighted by Gasteiger charge is -2.40. The van der Waals surface area contributed by atoms with Crippen molar-refractivity contribution in [3.63, 3.8) is 0 Å². The summed E-state index contributed by atoms with van der Waals surface area (Å²) in [6.45, 7) is 14.1. The third-order valence-electron chi connectivity index (χ3n) is 5.95. The van der Waals surface area contributed by atoms with E-state index < -0.39 is 5.60 Å². The van der Waals surface area contributed by atoms with Gasteiger partial charge in [0.1, 0.15) is 5.60 Å². The molecular weight excluding hydrogens is 529 g/mol. The van der Waals surface area contributed by atoms with Crippen molar-refractivity contribution in [1.29, 1.82) is 0 Å². The molecule has 2 heterocycles. The number of hydrogen-bond acceptors (Lipinski definition) is 4. The summed E-state index contributed by atoms with van der Waals surface area (Å²) in [6, 6.07) is 4.41. The number of halogens is 1. The zero-order valence-electron chi connectivity index (χ0n) is 21.0. The highest BCUT2D eigenvalue weighted by molar-refractivity contribution is 14.0. The molecule has 0 unspecified atom stereocenters. The van der Waals surface area contributed by atoms with Crippen LogP contribution in [-0.4, -0.2) is 71.2 Å². The Morgan fingerprint density at radius 3 is 2.48 bits per heavy atom. The van der Waals surface area contributed by atoms with Gasteiger partial charge in [-0.3, -0.25) is 9.98 Å². The van der Waals surface area contributed by atoms with Gasteiger partial charge in [0, 0.05) is 50.7 Å². The van der Waals surface area contributed by atoms with Gasteiger partial charge in [-0.25, -0.2) is 4.79 Å². The molecule has 7 nitrogen and oxygen atoms in total. The first-order valence-electron chi connectivity index (χ1n) is 12.2. The monoisotopic (exact) mass is 571 g/mol. The van der Waals surface area contributed by atoms with Gasteiger partial charge in [-0.15, -0.1) is 24.0 Å². The number of aromatic nitrogens is 1. The van der Waals surface area contributed by atoms with Crippen LogP contribution in [0.15, 0.2) is 23.3 Å². The molecule has 1 aliphatic carbocycles. The average Bonchev–Trinajstić information content (AvgIpc) is 3.56. The predicted octanol–water partition coefficient (Wildman–Crippen LogP) is 4.63. The van der Waals surface area contributed by atoms with E-state index in [1.165, 1.54) is 18.4 Å². The lowest BCUT2D eigenvalue weighted by Crippen LogP contribution is -2.52. The van der Waals surface area contributed by atoms with Gasteiger partial charge in [0.15, 0.2) is 5.96 Å². The fourth-order valence-electron chi connectivity index (χ4n) is 4.02. The molecule has 3 rings (SSSR count). The van der Waals surface area contributed by atoms with Crippen molar-refractivity contribution in [2.45, 2.75) is 78.4 Å². The van der Waals surface area contributed by atoms with E-state index in [0.29, 0.717) is 5.92 Å². The fourth-order valence-corrected chi connectivity index (χ4v) is 4.02. The Kier molecular flexibility index (Phi) is 10.7. The second kappa shape index (κ2) is 12.8. The van der Waals surface area contributed by atoms with Crippen molar-refractivity contribution in [2.75, 3.05) is 32.7 Å². The lowest BCUT2D eigenvalue weighted by atomic mass is 10.0. The number of aryl methyl sites for hydroxylation is 1. The molecular formula is C25H42IN5O2. The van der Waals surface area contributed by atoms with Gasteiger partial charge in [-0.05, 0) is 84.3 Å². The molecule has 2 aliphatic rings. The largest absolute Gasteiger partial charge is 0.444 e. The zero-order chi connectivity index (χ0) is 23.1. The maximum absolute atomic E-state index is 12.9. The van der Waals surface area contributed by atoms with Crippen LogP contribution < -0.4 is 5.32 Å². The number of guanidine groups is 1. The molecule has 0 bridgehead atoms. The van der Waals surface area contributed by atoms with Crippen LogP contribution in [0.3, 0.4) is 0 Å². The van der Waals surface area contributed by atoms with Crippen LogP contribution in [0.1, 0.15) is 64.6 Å². The normalized spacial score (nSPS) is 17.4. The Balaban J connectivity index is 0.00000385. The number of pyridine rings is 1. The Morgan fingerprint density at radius 1 is 1.24 bits per heavy atom. The summed E-state index contributed by atoms with van der Waals surface area (Å²) in [5.41, 5.74) is 1.79. The number of carbonyl (C=O) groups excluding carboxylic acids is 1. The SMILES string of the molecule is CCNC(=NCCc1ccc(C)nc1)N1CCC(N(CC2CC2)C(=O)OC(C)(C)C)CC1.I. The summed E-state index contributed by atoms with van der Waals surface area (Å²) in [7, 11) is 0. The molecule has 1 amide bonds. The number of carbonyl (C=O) groups is 1. The van der Waals surface area contributed by atoms with Crippen LogP contribution >= 0.6 is 24.0 Å². The van der Waals surface area contributed by atoms with Crippen LogP contribution in [0.5, 0.6) is 0 Å². The quantitative estimate of drug-likeness (QED) is 0.294. The van der Waals surface area contributed by atoms with E-state index in [0.717, 1.165) is 63.6 Å². The Bertz CT molecular complexity index is 766. The number of ether oxygens (including phenoxy) is 1. The van der Waals surface area contributed by atoms with Crippen molar-refractivity contribution >= 4 is 36.0 Å². The minimum absolute atomic E-state index is 0. The minimum Gasteiger partial charge on any atom is -0.444 e. The van der Waals surface area contributed by atoms with E-state index in [2.05, 4.69) is 28.2 Å². The molecule has 8 heteroatoms. The molecule has 1 saturated heterocycles. The molecule has 1 saturated carbocycles. The van der Waals surface area contributed by atoms with Crippen LogP contribution in [0.25, 0.3) is 0 Å². The van der Waals surface area contributed by atoms with Crippen molar-refractivity contribution < 1.29 is 9.53 Å². The van der Waals surface area contributed by atoms with Gasteiger partial charge in [0.25, 0.3) is 0 Å². The maximum Gasteiger partial charge on any atom is 0.410 e. The molecule has 1 aliphatic heterocycles. The zero-order valence-corrected chi connectivity index (χ0v) is 23.3. The van der Waals surface area contributed by atoms with E-state index in [1.54, 1.807) is 0 Å². The Labute approximate surface area is 216 Å². The number of rotatable bonds is 7. The number of aliphatic imine (C=N–C) groups is 1. The molecule has 186 valence electrons. The van der Waals surface area contributed by atoms with Gasteiger partial charge in [-0.1, -0.05) is 6.07 Å². The van der Waals surface area contributed by atoms with E-state index in [4.69, 9.17) is 9.73 Å². The minimum atomic E-state index is -0.461. The summed E-state index contributed by atoms with van der Waals surface area (Å²) >= 11 is 0. The van der Waals surface area contributed by atoms with E-state index >= 15 is 0 Å². The third-order valence-corrected chi connectivity index (χ3v) is 5.95. The average molecular weight is 572 g/mol. The second-order valence-corrected chi connectivity index (χ2v) is 10.1. The van der Waals surface area contributed by atoms with E-state index in [1.807, 2.05) is 44.9 Å². The lowest BCUT2D eigenvalue weighted by molar-refractivity contribution is 0.00928. The van der Waals surface area contributed by atoms with Crippen molar-refractivity contribution in [3.8, 4) is 0 Å².